The predicted octanol–water partition coefficient (Wildman–Crippen LogP) is 3.81. The lowest BCUT2D eigenvalue weighted by Crippen LogP contribution is -2.03. The molecule has 0 aliphatic heterocycles. The average Bonchev–Trinajstić information content (AvgIpc) is 2.73. The van der Waals surface area contributed by atoms with Gasteiger partial charge in [-0.2, -0.15) is 0 Å². The molecule has 8 nitrogen and oxygen atoms in total. The summed E-state index contributed by atoms with van der Waals surface area (Å²) in [5, 5.41) is 37.0. The first-order valence-corrected chi connectivity index (χ1v) is 8.50. The highest BCUT2D eigenvalue weighted by atomic mass is 16.4. The first kappa shape index (κ1) is 20.3. The molecule has 3 aromatic rings. The maximum Gasteiger partial charge on any atom is 0.335 e. The molecule has 3 rings (SSSR count). The van der Waals surface area contributed by atoms with Crippen LogP contribution in [-0.4, -0.2) is 44.3 Å². The van der Waals surface area contributed by atoms with Crippen molar-refractivity contribution in [3.63, 3.8) is 0 Å². The summed E-state index contributed by atoms with van der Waals surface area (Å²) in [5.74, 6) is -5.13. The van der Waals surface area contributed by atoms with Crippen LogP contribution in [-0.2, 0) is 0 Å². The summed E-state index contributed by atoms with van der Waals surface area (Å²) in [6.07, 6.45) is 0. The highest BCUT2D eigenvalue weighted by Gasteiger charge is 2.15. The molecule has 3 aromatic carbocycles. The van der Waals surface area contributed by atoms with Gasteiger partial charge >= 0.3 is 23.9 Å². The number of carboxylic acids is 4. The SMILES string of the molecule is O=C(O)c1cc(C(=O)O)cc(-c2cccc(-c3cc(C(=O)O)cc(C(=O)O)c3)c2)c1. The molecule has 0 spiro atoms. The zero-order valence-corrected chi connectivity index (χ0v) is 15.2. The van der Waals surface area contributed by atoms with Gasteiger partial charge in [0.25, 0.3) is 0 Å². The van der Waals surface area contributed by atoms with E-state index in [4.69, 9.17) is 0 Å². The van der Waals surface area contributed by atoms with E-state index in [1.54, 1.807) is 24.3 Å². The van der Waals surface area contributed by atoms with Crippen molar-refractivity contribution in [3.8, 4) is 22.3 Å². The summed E-state index contributed by atoms with van der Waals surface area (Å²) in [6, 6.07) is 13.9. The lowest BCUT2D eigenvalue weighted by atomic mass is 9.94. The van der Waals surface area contributed by atoms with Crippen molar-refractivity contribution in [1.29, 1.82) is 0 Å². The Hall–Kier alpha value is -4.46. The molecule has 0 saturated heterocycles. The Bertz CT molecular complexity index is 1050. The van der Waals surface area contributed by atoms with Crippen molar-refractivity contribution in [2.45, 2.75) is 0 Å². The fourth-order valence-electron chi connectivity index (χ4n) is 2.96. The first-order valence-electron chi connectivity index (χ1n) is 8.50. The minimum atomic E-state index is -1.28. The first-order chi connectivity index (χ1) is 14.2. The number of hydrogen-bond acceptors (Lipinski definition) is 4. The third-order valence-electron chi connectivity index (χ3n) is 4.38. The molecule has 0 radical (unpaired) electrons. The molecule has 30 heavy (non-hydrogen) atoms. The molecule has 0 saturated carbocycles. The van der Waals surface area contributed by atoms with Crippen LogP contribution in [0.15, 0.2) is 60.7 Å². The van der Waals surface area contributed by atoms with E-state index in [1.807, 2.05) is 0 Å². The molecule has 4 N–H and O–H groups in total. The normalized spacial score (nSPS) is 10.4. The second-order valence-electron chi connectivity index (χ2n) is 6.40. The number of hydrogen-bond donors (Lipinski definition) is 4. The summed E-state index contributed by atoms with van der Waals surface area (Å²) >= 11 is 0. The highest BCUT2D eigenvalue weighted by Crippen LogP contribution is 2.29. The van der Waals surface area contributed by atoms with Gasteiger partial charge in [-0.25, -0.2) is 19.2 Å². The Morgan fingerprint density at radius 1 is 0.433 bits per heavy atom. The Morgan fingerprint density at radius 3 is 1.00 bits per heavy atom. The van der Waals surface area contributed by atoms with Gasteiger partial charge in [-0.3, -0.25) is 0 Å². The molecule has 0 fully saturated rings. The van der Waals surface area contributed by atoms with E-state index in [1.165, 1.54) is 24.3 Å². The number of aromatic carboxylic acids is 4. The Morgan fingerprint density at radius 2 is 0.733 bits per heavy atom. The number of benzene rings is 3. The van der Waals surface area contributed by atoms with Gasteiger partial charge in [-0.15, -0.1) is 0 Å². The van der Waals surface area contributed by atoms with Crippen molar-refractivity contribution in [2.24, 2.45) is 0 Å². The minimum absolute atomic E-state index is 0.198. The molecule has 0 aliphatic rings. The third kappa shape index (κ3) is 4.17. The van der Waals surface area contributed by atoms with Crippen LogP contribution in [0.2, 0.25) is 0 Å². The van der Waals surface area contributed by atoms with Gasteiger partial charge in [0, 0.05) is 0 Å². The molecular weight excluding hydrogens is 392 g/mol. The number of rotatable bonds is 6. The molecule has 0 aromatic heterocycles. The Labute approximate surface area is 169 Å². The van der Waals surface area contributed by atoms with Gasteiger partial charge in [-0.05, 0) is 64.7 Å². The molecule has 0 atom stereocenters. The van der Waals surface area contributed by atoms with Crippen LogP contribution in [0.5, 0.6) is 0 Å². The van der Waals surface area contributed by atoms with E-state index >= 15 is 0 Å². The zero-order chi connectivity index (χ0) is 22.0. The molecule has 8 heteroatoms. The molecular formula is C22H14O8. The smallest absolute Gasteiger partial charge is 0.335 e. The Kier molecular flexibility index (Phi) is 5.33. The van der Waals surface area contributed by atoms with Crippen LogP contribution < -0.4 is 0 Å². The topological polar surface area (TPSA) is 149 Å². The van der Waals surface area contributed by atoms with Gasteiger partial charge in [-0.1, -0.05) is 18.2 Å². The summed E-state index contributed by atoms with van der Waals surface area (Å²) in [7, 11) is 0. The Balaban J connectivity index is 2.17. The average molecular weight is 406 g/mol. The predicted molar refractivity (Wildman–Crippen MR) is 105 cm³/mol. The second-order valence-corrected chi connectivity index (χ2v) is 6.40. The van der Waals surface area contributed by atoms with Crippen molar-refractivity contribution in [3.05, 3.63) is 82.9 Å². The monoisotopic (exact) mass is 406 g/mol. The fraction of sp³-hybridized carbons (Fsp3) is 0. The fourth-order valence-corrected chi connectivity index (χ4v) is 2.96. The molecule has 150 valence electrons. The minimum Gasteiger partial charge on any atom is -0.478 e. The summed E-state index contributed by atoms with van der Waals surface area (Å²) in [6.45, 7) is 0. The van der Waals surface area contributed by atoms with Crippen LogP contribution in [0, 0.1) is 0 Å². The van der Waals surface area contributed by atoms with Crippen LogP contribution >= 0.6 is 0 Å². The summed E-state index contributed by atoms with van der Waals surface area (Å²) < 4.78 is 0. The molecule has 0 bridgehead atoms. The molecule has 0 amide bonds. The van der Waals surface area contributed by atoms with Crippen LogP contribution in [0.4, 0.5) is 0 Å². The zero-order valence-electron chi connectivity index (χ0n) is 15.2. The quantitative estimate of drug-likeness (QED) is 0.483. The van der Waals surface area contributed by atoms with Crippen molar-refractivity contribution in [2.75, 3.05) is 0 Å². The van der Waals surface area contributed by atoms with Crippen molar-refractivity contribution in [1.82, 2.24) is 0 Å². The van der Waals surface area contributed by atoms with E-state index in [9.17, 15) is 39.6 Å². The van der Waals surface area contributed by atoms with Gasteiger partial charge < -0.3 is 20.4 Å². The second kappa shape index (κ2) is 7.88. The van der Waals surface area contributed by atoms with Gasteiger partial charge in [0.05, 0.1) is 22.3 Å². The molecule has 0 unspecified atom stereocenters. The lowest BCUT2D eigenvalue weighted by Gasteiger charge is -2.10. The van der Waals surface area contributed by atoms with E-state index in [0.29, 0.717) is 22.3 Å². The van der Waals surface area contributed by atoms with E-state index in [2.05, 4.69) is 0 Å². The van der Waals surface area contributed by atoms with E-state index in [-0.39, 0.29) is 22.3 Å². The lowest BCUT2D eigenvalue weighted by molar-refractivity contribution is 0.0676. The maximum atomic E-state index is 11.3. The van der Waals surface area contributed by atoms with E-state index < -0.39 is 23.9 Å². The van der Waals surface area contributed by atoms with E-state index in [0.717, 1.165) is 12.1 Å². The van der Waals surface area contributed by atoms with Gasteiger partial charge in [0.15, 0.2) is 0 Å². The van der Waals surface area contributed by atoms with Crippen molar-refractivity contribution >= 4 is 23.9 Å². The van der Waals surface area contributed by atoms with Crippen LogP contribution in [0.3, 0.4) is 0 Å². The van der Waals surface area contributed by atoms with Crippen molar-refractivity contribution < 1.29 is 39.6 Å². The highest BCUT2D eigenvalue weighted by molar-refractivity contribution is 5.97. The number of carboxylic acid groups (broad SMARTS) is 4. The molecule has 0 heterocycles. The van der Waals surface area contributed by atoms with Gasteiger partial charge in [0.2, 0.25) is 0 Å². The van der Waals surface area contributed by atoms with Crippen LogP contribution in [0.1, 0.15) is 41.4 Å². The largest absolute Gasteiger partial charge is 0.478 e. The third-order valence-corrected chi connectivity index (χ3v) is 4.38. The van der Waals surface area contributed by atoms with Gasteiger partial charge in [0.1, 0.15) is 0 Å². The summed E-state index contributed by atoms with van der Waals surface area (Å²) in [5.41, 5.74) is 0.843. The number of carbonyl (C=O) groups is 4. The van der Waals surface area contributed by atoms with Crippen LogP contribution in [0.25, 0.3) is 22.3 Å². The standard InChI is InChI=1S/C22H14O8/c23-19(24)15-5-13(6-16(9-15)20(25)26)11-2-1-3-12(4-11)14-7-17(21(27)28)10-18(8-14)22(29)30/h1-10H,(H,23,24)(H,25,26)(H,27,28)(H,29,30). The summed E-state index contributed by atoms with van der Waals surface area (Å²) in [4.78, 5) is 45.4. The maximum absolute atomic E-state index is 11.3. The molecule has 0 aliphatic carbocycles.